The number of halogens is 1. The summed E-state index contributed by atoms with van der Waals surface area (Å²) in [5.41, 5.74) is 1.55. The van der Waals surface area contributed by atoms with Crippen LogP contribution in [0.5, 0.6) is 11.5 Å². The molecule has 1 saturated heterocycles. The molecule has 6 nitrogen and oxygen atoms in total. The number of piperidine rings is 1. The van der Waals surface area contributed by atoms with Crippen molar-refractivity contribution in [3.8, 4) is 11.5 Å². The number of aryl methyl sites for hydroxylation is 1. The minimum absolute atomic E-state index is 0.107. The van der Waals surface area contributed by atoms with Gasteiger partial charge in [-0.1, -0.05) is 11.8 Å². The number of rotatable bonds is 5. The lowest BCUT2D eigenvalue weighted by atomic mass is 10.0. The molecule has 4 rings (SSSR count). The molecule has 0 unspecified atom stereocenters. The number of nitrogens with zero attached hydrogens (tertiary/aromatic N) is 2. The number of ether oxygens (including phenoxy) is 1. The summed E-state index contributed by atoms with van der Waals surface area (Å²) in [6, 6.07) is 4.15. The van der Waals surface area contributed by atoms with Crippen molar-refractivity contribution >= 4 is 22.6 Å². The molecule has 2 heterocycles. The molecule has 3 aliphatic rings. The number of hydrogen-bond donors (Lipinski definition) is 3. The van der Waals surface area contributed by atoms with Crippen molar-refractivity contribution in [2.45, 2.75) is 44.4 Å². The summed E-state index contributed by atoms with van der Waals surface area (Å²) in [6.45, 7) is 3.95. The third-order valence-electron chi connectivity index (χ3n) is 5.33. The SMILES string of the molecule is COc1cc(C)c(N/C=C2\CN=C(N[C@@H]3C[C@@H](F)CN(C4CC4)C3)S2)c(O)c1. The maximum Gasteiger partial charge on any atom is 0.161 e. The molecular weight excluding hydrogens is 379 g/mol. The summed E-state index contributed by atoms with van der Waals surface area (Å²) in [6.07, 6.45) is 4.04. The molecule has 1 aromatic carbocycles. The molecular formula is C20H27FN4O2S. The molecule has 3 N–H and O–H groups in total. The number of phenols is 1. The summed E-state index contributed by atoms with van der Waals surface area (Å²) < 4.78 is 19.2. The average molecular weight is 407 g/mol. The molecule has 28 heavy (non-hydrogen) atoms. The predicted octanol–water partition coefficient (Wildman–Crippen LogP) is 3.23. The van der Waals surface area contributed by atoms with Gasteiger partial charge in [-0.2, -0.15) is 0 Å². The first-order valence-electron chi connectivity index (χ1n) is 9.72. The first-order valence-corrected chi connectivity index (χ1v) is 10.5. The van der Waals surface area contributed by atoms with Crippen LogP contribution in [-0.2, 0) is 0 Å². The van der Waals surface area contributed by atoms with E-state index in [9.17, 15) is 9.50 Å². The Kier molecular flexibility index (Phi) is 5.68. The first-order chi connectivity index (χ1) is 13.5. The lowest BCUT2D eigenvalue weighted by Crippen LogP contribution is -2.51. The van der Waals surface area contributed by atoms with Gasteiger partial charge in [0.25, 0.3) is 0 Å². The monoisotopic (exact) mass is 406 g/mol. The number of aromatic hydroxyl groups is 1. The zero-order chi connectivity index (χ0) is 19.7. The van der Waals surface area contributed by atoms with Gasteiger partial charge in [-0.05, 0) is 31.4 Å². The molecule has 152 valence electrons. The van der Waals surface area contributed by atoms with E-state index in [0.29, 0.717) is 37.0 Å². The van der Waals surface area contributed by atoms with E-state index in [1.165, 1.54) is 12.8 Å². The minimum Gasteiger partial charge on any atom is -0.506 e. The number of aliphatic imine (C=N–C) groups is 1. The second kappa shape index (κ2) is 8.21. The number of nitrogens with one attached hydrogen (secondary N) is 2. The summed E-state index contributed by atoms with van der Waals surface area (Å²) >= 11 is 1.56. The van der Waals surface area contributed by atoms with Crippen LogP contribution in [0.2, 0.25) is 0 Å². The van der Waals surface area contributed by atoms with Crippen LogP contribution >= 0.6 is 11.8 Å². The lowest BCUT2D eigenvalue weighted by molar-refractivity contribution is 0.112. The Morgan fingerprint density at radius 3 is 2.89 bits per heavy atom. The van der Waals surface area contributed by atoms with Crippen molar-refractivity contribution in [2.24, 2.45) is 4.99 Å². The Morgan fingerprint density at radius 1 is 1.36 bits per heavy atom. The third-order valence-corrected chi connectivity index (χ3v) is 6.28. The zero-order valence-electron chi connectivity index (χ0n) is 16.2. The van der Waals surface area contributed by atoms with Crippen molar-refractivity contribution in [1.82, 2.24) is 10.2 Å². The number of methoxy groups -OCH3 is 1. The molecule has 0 radical (unpaired) electrons. The molecule has 1 aliphatic carbocycles. The Hall–Kier alpha value is -1.93. The van der Waals surface area contributed by atoms with Crippen LogP contribution in [0, 0.1) is 6.92 Å². The Morgan fingerprint density at radius 2 is 2.18 bits per heavy atom. The lowest BCUT2D eigenvalue weighted by Gasteiger charge is -2.35. The third kappa shape index (κ3) is 4.55. The van der Waals surface area contributed by atoms with Gasteiger partial charge in [-0.3, -0.25) is 9.89 Å². The van der Waals surface area contributed by atoms with Crippen LogP contribution in [0.15, 0.2) is 28.2 Å². The largest absolute Gasteiger partial charge is 0.506 e. The number of phenolic OH excluding ortho intramolecular Hbond substituents is 1. The highest BCUT2D eigenvalue weighted by Gasteiger charge is 2.36. The number of alkyl halides is 1. The van der Waals surface area contributed by atoms with Crippen LogP contribution in [-0.4, -0.2) is 60.2 Å². The fraction of sp³-hybridized carbons (Fsp3) is 0.550. The maximum atomic E-state index is 14.1. The van der Waals surface area contributed by atoms with Crippen LogP contribution < -0.4 is 15.4 Å². The Bertz CT molecular complexity index is 773. The van der Waals surface area contributed by atoms with E-state index in [2.05, 4.69) is 20.5 Å². The predicted molar refractivity (Wildman–Crippen MR) is 112 cm³/mol. The normalized spacial score (nSPS) is 27.0. The van der Waals surface area contributed by atoms with E-state index in [-0.39, 0.29) is 11.8 Å². The van der Waals surface area contributed by atoms with Gasteiger partial charge in [0.05, 0.1) is 19.3 Å². The number of anilines is 1. The van der Waals surface area contributed by atoms with E-state index < -0.39 is 6.17 Å². The van der Waals surface area contributed by atoms with E-state index in [1.54, 1.807) is 24.9 Å². The standard InChI is InChI=1S/C20H27FN4O2S/c1-12-5-16(27-2)7-18(26)19(12)22-8-17-9-23-20(28-17)24-14-6-13(21)10-25(11-14)15-3-4-15/h5,7-8,13-15,22,26H,3-4,6,9-11H2,1-2H3,(H,23,24)/b17-8+/t13-,14-/m1/s1. The second-order valence-electron chi connectivity index (χ2n) is 7.68. The molecule has 0 spiro atoms. The number of hydrogen-bond acceptors (Lipinski definition) is 7. The van der Waals surface area contributed by atoms with E-state index in [4.69, 9.17) is 4.74 Å². The smallest absolute Gasteiger partial charge is 0.161 e. The topological polar surface area (TPSA) is 69.1 Å². The van der Waals surface area contributed by atoms with Crippen LogP contribution in [0.25, 0.3) is 0 Å². The minimum atomic E-state index is -0.767. The van der Waals surface area contributed by atoms with Gasteiger partial charge in [0.1, 0.15) is 17.7 Å². The van der Waals surface area contributed by atoms with E-state index in [1.807, 2.05) is 19.2 Å². The van der Waals surface area contributed by atoms with Crippen LogP contribution in [0.4, 0.5) is 10.1 Å². The molecule has 2 fully saturated rings. The average Bonchev–Trinajstić information content (AvgIpc) is 3.41. The van der Waals surface area contributed by atoms with Gasteiger partial charge < -0.3 is 20.5 Å². The summed E-state index contributed by atoms with van der Waals surface area (Å²) in [5.74, 6) is 0.768. The number of benzene rings is 1. The quantitative estimate of drug-likeness (QED) is 0.653. The Labute approximate surface area is 169 Å². The van der Waals surface area contributed by atoms with Crippen LogP contribution in [0.3, 0.4) is 0 Å². The van der Waals surface area contributed by atoms with Crippen molar-refractivity contribution in [3.63, 3.8) is 0 Å². The fourth-order valence-corrected chi connectivity index (χ4v) is 4.62. The zero-order valence-corrected chi connectivity index (χ0v) is 17.1. The van der Waals surface area contributed by atoms with Crippen LogP contribution in [0.1, 0.15) is 24.8 Å². The van der Waals surface area contributed by atoms with Gasteiger partial charge in [0.2, 0.25) is 0 Å². The molecule has 0 aromatic heterocycles. The highest BCUT2D eigenvalue weighted by atomic mass is 32.2. The van der Waals surface area contributed by atoms with Crippen molar-refractivity contribution in [3.05, 3.63) is 28.8 Å². The van der Waals surface area contributed by atoms with Gasteiger partial charge in [-0.25, -0.2) is 4.39 Å². The molecule has 8 heteroatoms. The van der Waals surface area contributed by atoms with Gasteiger partial charge in [0, 0.05) is 48.8 Å². The van der Waals surface area contributed by atoms with Gasteiger partial charge in [-0.15, -0.1) is 0 Å². The summed E-state index contributed by atoms with van der Waals surface area (Å²) in [7, 11) is 1.58. The number of thioether (sulfide) groups is 1. The highest BCUT2D eigenvalue weighted by Crippen LogP contribution is 2.34. The molecule has 0 amide bonds. The van der Waals surface area contributed by atoms with Crippen molar-refractivity contribution in [2.75, 3.05) is 32.1 Å². The highest BCUT2D eigenvalue weighted by molar-refractivity contribution is 8.17. The fourth-order valence-electron chi connectivity index (χ4n) is 3.77. The number of amidine groups is 1. The van der Waals surface area contributed by atoms with E-state index >= 15 is 0 Å². The molecule has 2 aliphatic heterocycles. The molecule has 2 atom stereocenters. The summed E-state index contributed by atoms with van der Waals surface area (Å²) in [4.78, 5) is 7.87. The van der Waals surface area contributed by atoms with Crippen molar-refractivity contribution < 1.29 is 14.2 Å². The first kappa shape index (κ1) is 19.4. The molecule has 1 aromatic rings. The van der Waals surface area contributed by atoms with Crippen molar-refractivity contribution in [1.29, 1.82) is 0 Å². The Balaban J connectivity index is 1.32. The van der Waals surface area contributed by atoms with E-state index in [0.717, 1.165) is 22.2 Å². The maximum absolute atomic E-state index is 14.1. The van der Waals surface area contributed by atoms with Gasteiger partial charge in [0.15, 0.2) is 5.17 Å². The molecule has 1 saturated carbocycles. The summed E-state index contributed by atoms with van der Waals surface area (Å²) in [5, 5.41) is 17.6. The second-order valence-corrected chi connectivity index (χ2v) is 8.79. The number of likely N-dealkylation sites (tertiary alicyclic amines) is 1. The molecule has 0 bridgehead atoms. The van der Waals surface area contributed by atoms with Gasteiger partial charge >= 0.3 is 0 Å².